The predicted octanol–water partition coefficient (Wildman–Crippen LogP) is 0.0205. The summed E-state index contributed by atoms with van der Waals surface area (Å²) < 4.78 is 5.24. The third-order valence-corrected chi connectivity index (χ3v) is 2.50. The van der Waals surface area contributed by atoms with Crippen molar-refractivity contribution in [2.75, 3.05) is 20.3 Å². The zero-order valence-electron chi connectivity index (χ0n) is 8.14. The molecule has 1 amide bonds. The summed E-state index contributed by atoms with van der Waals surface area (Å²) in [5, 5.41) is 2.50. The van der Waals surface area contributed by atoms with E-state index in [1.54, 1.807) is 7.05 Å². The predicted molar refractivity (Wildman–Crippen MR) is 50.3 cm³/mol. The summed E-state index contributed by atoms with van der Waals surface area (Å²) in [4.78, 5) is 10.8. The summed E-state index contributed by atoms with van der Waals surface area (Å²) >= 11 is 0. The van der Waals surface area contributed by atoms with Gasteiger partial charge in [0, 0.05) is 12.6 Å². The van der Waals surface area contributed by atoms with Gasteiger partial charge in [-0.3, -0.25) is 4.79 Å². The Hall–Kier alpha value is -0.610. The fourth-order valence-corrected chi connectivity index (χ4v) is 1.64. The van der Waals surface area contributed by atoms with E-state index < -0.39 is 0 Å². The molecule has 13 heavy (non-hydrogen) atoms. The third kappa shape index (κ3) is 3.32. The smallest absolute Gasteiger partial charge is 0.245 e. The Kier molecular flexibility index (Phi) is 3.69. The normalized spacial score (nSPS) is 20.2. The van der Waals surface area contributed by atoms with Gasteiger partial charge in [0.15, 0.2) is 0 Å². The van der Waals surface area contributed by atoms with E-state index in [1.165, 1.54) is 12.8 Å². The molecule has 4 nitrogen and oxygen atoms in total. The van der Waals surface area contributed by atoms with Crippen LogP contribution in [0.4, 0.5) is 0 Å². The lowest BCUT2D eigenvalue weighted by Crippen LogP contribution is -2.42. The summed E-state index contributed by atoms with van der Waals surface area (Å²) in [6.45, 7) is 0.621. The van der Waals surface area contributed by atoms with E-state index >= 15 is 0 Å². The SMILES string of the molecule is CNC(=O)COCC1(N)CCCC1. The Morgan fingerprint density at radius 1 is 1.54 bits per heavy atom. The summed E-state index contributed by atoms with van der Waals surface area (Å²) in [7, 11) is 1.60. The van der Waals surface area contributed by atoms with Gasteiger partial charge in [-0.25, -0.2) is 0 Å². The van der Waals surface area contributed by atoms with E-state index in [4.69, 9.17) is 10.5 Å². The average Bonchev–Trinajstić information content (AvgIpc) is 2.52. The van der Waals surface area contributed by atoms with Crippen molar-refractivity contribution < 1.29 is 9.53 Å². The van der Waals surface area contributed by atoms with Gasteiger partial charge in [0.1, 0.15) is 6.61 Å². The molecule has 0 aliphatic heterocycles. The summed E-state index contributed by atoms with van der Waals surface area (Å²) in [5.41, 5.74) is 5.86. The molecule has 4 heteroatoms. The number of hydrogen-bond acceptors (Lipinski definition) is 3. The Balaban J connectivity index is 2.14. The highest BCUT2D eigenvalue weighted by atomic mass is 16.5. The third-order valence-electron chi connectivity index (χ3n) is 2.50. The molecule has 0 saturated heterocycles. The van der Waals surface area contributed by atoms with Crippen LogP contribution in [0.2, 0.25) is 0 Å². The van der Waals surface area contributed by atoms with Crippen molar-refractivity contribution in [1.82, 2.24) is 5.32 Å². The molecule has 0 atom stereocenters. The number of nitrogens with one attached hydrogen (secondary N) is 1. The minimum atomic E-state index is -0.173. The van der Waals surface area contributed by atoms with Gasteiger partial charge < -0.3 is 15.8 Å². The van der Waals surface area contributed by atoms with E-state index in [0.29, 0.717) is 6.61 Å². The zero-order chi connectivity index (χ0) is 9.73. The first-order valence-electron chi connectivity index (χ1n) is 4.73. The van der Waals surface area contributed by atoms with Crippen molar-refractivity contribution in [2.24, 2.45) is 5.73 Å². The fourth-order valence-electron chi connectivity index (χ4n) is 1.64. The summed E-state index contributed by atoms with van der Waals surface area (Å²) in [5.74, 6) is -0.0957. The molecule has 1 aliphatic carbocycles. The lowest BCUT2D eigenvalue weighted by Gasteiger charge is -2.22. The van der Waals surface area contributed by atoms with E-state index in [-0.39, 0.29) is 18.1 Å². The molecule has 0 unspecified atom stereocenters. The molecule has 1 saturated carbocycles. The van der Waals surface area contributed by atoms with Gasteiger partial charge in [0.25, 0.3) is 0 Å². The fraction of sp³-hybridized carbons (Fsp3) is 0.889. The first kappa shape index (κ1) is 10.5. The first-order valence-corrected chi connectivity index (χ1v) is 4.73. The molecule has 0 spiro atoms. The maximum Gasteiger partial charge on any atom is 0.245 e. The van der Waals surface area contributed by atoms with Crippen LogP contribution in [0.15, 0.2) is 0 Å². The van der Waals surface area contributed by atoms with Crippen molar-refractivity contribution in [3.05, 3.63) is 0 Å². The molecular formula is C9H18N2O2. The Morgan fingerprint density at radius 2 is 2.15 bits per heavy atom. The van der Waals surface area contributed by atoms with Crippen LogP contribution in [-0.2, 0) is 9.53 Å². The van der Waals surface area contributed by atoms with E-state index in [9.17, 15) is 4.79 Å². The molecule has 1 aliphatic rings. The second-order valence-electron chi connectivity index (χ2n) is 3.74. The van der Waals surface area contributed by atoms with E-state index in [1.807, 2.05) is 0 Å². The van der Waals surface area contributed by atoms with Gasteiger partial charge in [0.2, 0.25) is 5.91 Å². The minimum Gasteiger partial charge on any atom is -0.370 e. The second-order valence-corrected chi connectivity index (χ2v) is 3.74. The molecule has 0 heterocycles. The lowest BCUT2D eigenvalue weighted by molar-refractivity contribution is -0.125. The van der Waals surface area contributed by atoms with Crippen LogP contribution in [0, 0.1) is 0 Å². The molecule has 1 fully saturated rings. The highest BCUT2D eigenvalue weighted by Gasteiger charge is 2.29. The number of carbonyl (C=O) groups excluding carboxylic acids is 1. The maximum atomic E-state index is 10.8. The number of amides is 1. The van der Waals surface area contributed by atoms with Crippen molar-refractivity contribution in [3.63, 3.8) is 0 Å². The van der Waals surface area contributed by atoms with Crippen molar-refractivity contribution >= 4 is 5.91 Å². The van der Waals surface area contributed by atoms with E-state index in [0.717, 1.165) is 12.8 Å². The van der Waals surface area contributed by atoms with Gasteiger partial charge >= 0.3 is 0 Å². The highest BCUT2D eigenvalue weighted by Crippen LogP contribution is 2.27. The van der Waals surface area contributed by atoms with Gasteiger partial charge in [-0.2, -0.15) is 0 Å². The molecule has 0 bridgehead atoms. The number of likely N-dealkylation sites (N-methyl/N-ethyl adjacent to an activating group) is 1. The second kappa shape index (κ2) is 4.58. The van der Waals surface area contributed by atoms with Crippen LogP contribution in [-0.4, -0.2) is 31.7 Å². The number of ether oxygens (including phenoxy) is 1. The number of hydrogen-bond donors (Lipinski definition) is 2. The van der Waals surface area contributed by atoms with Crippen LogP contribution in [0.1, 0.15) is 25.7 Å². The molecule has 0 aromatic carbocycles. The molecule has 0 radical (unpaired) electrons. The van der Waals surface area contributed by atoms with Gasteiger partial charge in [-0.05, 0) is 12.8 Å². The van der Waals surface area contributed by atoms with E-state index in [2.05, 4.69) is 5.32 Å². The van der Waals surface area contributed by atoms with Crippen LogP contribution >= 0.6 is 0 Å². The quantitative estimate of drug-likeness (QED) is 0.650. The minimum absolute atomic E-state index is 0.0957. The van der Waals surface area contributed by atoms with Crippen molar-refractivity contribution in [2.45, 2.75) is 31.2 Å². The largest absolute Gasteiger partial charge is 0.370 e. The lowest BCUT2D eigenvalue weighted by atomic mass is 10.0. The summed E-state index contributed by atoms with van der Waals surface area (Å²) in [6.07, 6.45) is 4.39. The highest BCUT2D eigenvalue weighted by molar-refractivity contribution is 5.76. The van der Waals surface area contributed by atoms with Crippen LogP contribution in [0.25, 0.3) is 0 Å². The van der Waals surface area contributed by atoms with Crippen molar-refractivity contribution in [3.8, 4) is 0 Å². The van der Waals surface area contributed by atoms with Crippen LogP contribution < -0.4 is 11.1 Å². The Morgan fingerprint density at radius 3 is 2.69 bits per heavy atom. The molecule has 0 aromatic heterocycles. The molecule has 0 aromatic rings. The number of carbonyl (C=O) groups is 1. The van der Waals surface area contributed by atoms with Crippen LogP contribution in [0.3, 0.4) is 0 Å². The number of nitrogens with two attached hydrogens (primary N) is 1. The van der Waals surface area contributed by atoms with Gasteiger partial charge in [0.05, 0.1) is 6.61 Å². The number of rotatable bonds is 4. The topological polar surface area (TPSA) is 64.3 Å². The molecule has 76 valence electrons. The average molecular weight is 186 g/mol. The standard InChI is InChI=1S/C9H18N2O2/c1-11-8(12)6-13-7-9(10)4-2-3-5-9/h2-7,10H2,1H3,(H,11,12). The molecule has 1 rings (SSSR count). The first-order chi connectivity index (χ1) is 6.16. The molecular weight excluding hydrogens is 168 g/mol. The molecule has 3 N–H and O–H groups in total. The van der Waals surface area contributed by atoms with Gasteiger partial charge in [-0.1, -0.05) is 12.8 Å². The monoisotopic (exact) mass is 186 g/mol. The Labute approximate surface area is 78.8 Å². The summed E-state index contributed by atoms with van der Waals surface area (Å²) in [6, 6.07) is 0. The van der Waals surface area contributed by atoms with Crippen LogP contribution in [0.5, 0.6) is 0 Å². The zero-order valence-corrected chi connectivity index (χ0v) is 8.14. The van der Waals surface area contributed by atoms with Gasteiger partial charge in [-0.15, -0.1) is 0 Å². The Bertz CT molecular complexity index is 176. The maximum absolute atomic E-state index is 10.8. The van der Waals surface area contributed by atoms with Crippen molar-refractivity contribution in [1.29, 1.82) is 0 Å².